The van der Waals surface area contributed by atoms with Gasteiger partial charge in [-0.15, -0.1) is 0 Å². The van der Waals surface area contributed by atoms with E-state index in [9.17, 15) is 4.79 Å². The molecular weight excluding hydrogens is 156 g/mol. The Hall–Kier alpha value is -1.42. The third-order valence-electron chi connectivity index (χ3n) is 1.71. The van der Waals surface area contributed by atoms with Gasteiger partial charge in [-0.1, -0.05) is 6.07 Å². The van der Waals surface area contributed by atoms with Crippen LogP contribution in [-0.2, 0) is 10.3 Å². The Morgan fingerprint density at radius 1 is 1.75 bits per heavy atom. The predicted molar refractivity (Wildman–Crippen MR) is 43.4 cm³/mol. The summed E-state index contributed by atoms with van der Waals surface area (Å²) in [6, 6.07) is 3.30. The Morgan fingerprint density at radius 3 is 2.83 bits per heavy atom. The Morgan fingerprint density at radius 2 is 2.42 bits per heavy atom. The molecule has 0 amide bonds. The lowest BCUT2D eigenvalue weighted by atomic mass is 9.95. The molecule has 0 saturated heterocycles. The fraction of sp³-hybridized carbons (Fsp3) is 0.250. The molecule has 0 aliphatic heterocycles. The van der Waals surface area contributed by atoms with E-state index in [1.54, 1.807) is 18.3 Å². The average molecular weight is 166 g/mol. The molecule has 0 unspecified atom stereocenters. The molecule has 1 aromatic heterocycles. The van der Waals surface area contributed by atoms with Gasteiger partial charge in [-0.3, -0.25) is 4.98 Å². The second-order valence-electron chi connectivity index (χ2n) is 2.75. The normalized spacial score (nSPS) is 15.2. The van der Waals surface area contributed by atoms with Gasteiger partial charge >= 0.3 is 5.97 Å². The SMILES string of the molecule is C[C@@](N)(C(=O)O)c1cccnc1. The number of hydrogen-bond acceptors (Lipinski definition) is 3. The van der Waals surface area contributed by atoms with E-state index in [4.69, 9.17) is 10.8 Å². The van der Waals surface area contributed by atoms with Crippen molar-refractivity contribution >= 4 is 5.97 Å². The molecule has 0 aromatic carbocycles. The van der Waals surface area contributed by atoms with Crippen LogP contribution in [0.15, 0.2) is 24.5 Å². The summed E-state index contributed by atoms with van der Waals surface area (Å²) in [6.45, 7) is 1.44. The first-order chi connectivity index (χ1) is 5.55. The first-order valence-corrected chi connectivity index (χ1v) is 3.48. The molecule has 3 N–H and O–H groups in total. The molecule has 0 radical (unpaired) electrons. The molecular formula is C8H10N2O2. The third kappa shape index (κ3) is 1.43. The van der Waals surface area contributed by atoms with Gasteiger partial charge in [0.25, 0.3) is 0 Å². The van der Waals surface area contributed by atoms with Gasteiger partial charge in [-0.2, -0.15) is 0 Å². The second kappa shape index (κ2) is 2.91. The van der Waals surface area contributed by atoms with Crippen LogP contribution in [0.5, 0.6) is 0 Å². The summed E-state index contributed by atoms with van der Waals surface area (Å²) in [6.07, 6.45) is 3.02. The number of pyridine rings is 1. The topological polar surface area (TPSA) is 76.2 Å². The average Bonchev–Trinajstić information content (AvgIpc) is 2.06. The lowest BCUT2D eigenvalue weighted by Gasteiger charge is -2.18. The van der Waals surface area contributed by atoms with Gasteiger partial charge in [0.05, 0.1) is 0 Å². The molecule has 0 saturated carbocycles. The van der Waals surface area contributed by atoms with Crippen LogP contribution in [0.1, 0.15) is 12.5 Å². The Bertz CT molecular complexity index is 282. The molecule has 12 heavy (non-hydrogen) atoms. The van der Waals surface area contributed by atoms with Gasteiger partial charge in [0.1, 0.15) is 5.54 Å². The van der Waals surface area contributed by atoms with Crippen molar-refractivity contribution in [1.29, 1.82) is 0 Å². The van der Waals surface area contributed by atoms with E-state index >= 15 is 0 Å². The zero-order valence-electron chi connectivity index (χ0n) is 6.69. The van der Waals surface area contributed by atoms with Gasteiger partial charge in [0.2, 0.25) is 0 Å². The lowest BCUT2D eigenvalue weighted by molar-refractivity contribution is -0.143. The van der Waals surface area contributed by atoms with E-state index in [0.717, 1.165) is 0 Å². The molecule has 1 heterocycles. The van der Waals surface area contributed by atoms with Crippen molar-refractivity contribution < 1.29 is 9.90 Å². The number of aromatic nitrogens is 1. The van der Waals surface area contributed by atoms with Crippen LogP contribution in [-0.4, -0.2) is 16.1 Å². The molecule has 0 aliphatic carbocycles. The van der Waals surface area contributed by atoms with Crippen LogP contribution in [0.3, 0.4) is 0 Å². The molecule has 4 nitrogen and oxygen atoms in total. The number of carboxylic acid groups (broad SMARTS) is 1. The first-order valence-electron chi connectivity index (χ1n) is 3.48. The van der Waals surface area contributed by atoms with Gasteiger partial charge in [0.15, 0.2) is 0 Å². The van der Waals surface area contributed by atoms with Gasteiger partial charge < -0.3 is 10.8 Å². The quantitative estimate of drug-likeness (QED) is 0.664. The molecule has 1 atom stereocenters. The van der Waals surface area contributed by atoms with Crippen molar-refractivity contribution in [2.75, 3.05) is 0 Å². The zero-order valence-corrected chi connectivity index (χ0v) is 6.69. The number of nitrogens with zero attached hydrogens (tertiary/aromatic N) is 1. The van der Waals surface area contributed by atoms with Gasteiger partial charge in [-0.05, 0) is 13.0 Å². The monoisotopic (exact) mass is 166 g/mol. The van der Waals surface area contributed by atoms with Crippen molar-refractivity contribution in [3.05, 3.63) is 30.1 Å². The number of hydrogen-bond donors (Lipinski definition) is 2. The minimum atomic E-state index is -1.35. The molecule has 0 aliphatic rings. The van der Waals surface area contributed by atoms with E-state index in [-0.39, 0.29) is 0 Å². The minimum absolute atomic E-state index is 0.498. The number of carbonyl (C=O) groups is 1. The van der Waals surface area contributed by atoms with E-state index in [0.29, 0.717) is 5.56 Å². The molecule has 0 bridgehead atoms. The highest BCUT2D eigenvalue weighted by Crippen LogP contribution is 2.15. The maximum atomic E-state index is 10.7. The predicted octanol–water partition coefficient (Wildman–Crippen LogP) is 0.340. The van der Waals surface area contributed by atoms with E-state index < -0.39 is 11.5 Å². The van der Waals surface area contributed by atoms with E-state index in [1.165, 1.54) is 13.1 Å². The lowest BCUT2D eigenvalue weighted by Crippen LogP contribution is -2.41. The van der Waals surface area contributed by atoms with Crippen molar-refractivity contribution in [1.82, 2.24) is 4.98 Å². The molecule has 1 rings (SSSR count). The standard InChI is InChI=1S/C8H10N2O2/c1-8(9,7(11)12)6-3-2-4-10-5-6/h2-5H,9H2,1H3,(H,11,12)/t8-/m0/s1. The highest BCUT2D eigenvalue weighted by Gasteiger charge is 2.29. The molecule has 0 fully saturated rings. The van der Waals surface area contributed by atoms with Crippen molar-refractivity contribution in [2.24, 2.45) is 5.73 Å². The zero-order chi connectivity index (χ0) is 9.19. The fourth-order valence-electron chi connectivity index (χ4n) is 0.793. The number of nitrogens with two attached hydrogens (primary N) is 1. The van der Waals surface area contributed by atoms with Crippen LogP contribution in [0.2, 0.25) is 0 Å². The van der Waals surface area contributed by atoms with E-state index in [1.807, 2.05) is 0 Å². The number of rotatable bonds is 2. The summed E-state index contributed by atoms with van der Waals surface area (Å²) in [5.41, 5.74) is 4.69. The third-order valence-corrected chi connectivity index (χ3v) is 1.71. The number of carboxylic acids is 1. The van der Waals surface area contributed by atoms with Crippen molar-refractivity contribution in [3.8, 4) is 0 Å². The summed E-state index contributed by atoms with van der Waals surface area (Å²) >= 11 is 0. The summed E-state index contributed by atoms with van der Waals surface area (Å²) in [5.74, 6) is -1.06. The maximum absolute atomic E-state index is 10.7. The summed E-state index contributed by atoms with van der Waals surface area (Å²) < 4.78 is 0. The Balaban J connectivity index is 3.06. The summed E-state index contributed by atoms with van der Waals surface area (Å²) in [5, 5.41) is 8.74. The first kappa shape index (κ1) is 8.67. The summed E-state index contributed by atoms with van der Waals surface area (Å²) in [4.78, 5) is 14.5. The van der Waals surface area contributed by atoms with Crippen molar-refractivity contribution in [3.63, 3.8) is 0 Å². The Labute approximate surface area is 70.0 Å². The van der Waals surface area contributed by atoms with Gasteiger partial charge in [0, 0.05) is 18.0 Å². The minimum Gasteiger partial charge on any atom is -0.480 e. The number of aliphatic carboxylic acids is 1. The van der Waals surface area contributed by atoms with E-state index in [2.05, 4.69) is 4.98 Å². The van der Waals surface area contributed by atoms with Crippen molar-refractivity contribution in [2.45, 2.75) is 12.5 Å². The summed E-state index contributed by atoms with van der Waals surface area (Å²) in [7, 11) is 0. The van der Waals surface area contributed by atoms with Crippen LogP contribution in [0, 0.1) is 0 Å². The van der Waals surface area contributed by atoms with Crippen LogP contribution in [0.4, 0.5) is 0 Å². The maximum Gasteiger partial charge on any atom is 0.328 e. The van der Waals surface area contributed by atoms with Crippen LogP contribution < -0.4 is 5.73 Å². The highest BCUT2D eigenvalue weighted by molar-refractivity contribution is 5.79. The molecule has 1 aromatic rings. The smallest absolute Gasteiger partial charge is 0.328 e. The Kier molecular flexibility index (Phi) is 2.10. The second-order valence-corrected chi connectivity index (χ2v) is 2.75. The largest absolute Gasteiger partial charge is 0.480 e. The molecule has 64 valence electrons. The van der Waals surface area contributed by atoms with Crippen LogP contribution in [0.25, 0.3) is 0 Å². The highest BCUT2D eigenvalue weighted by atomic mass is 16.4. The van der Waals surface area contributed by atoms with Crippen LogP contribution >= 0.6 is 0 Å². The fourth-order valence-corrected chi connectivity index (χ4v) is 0.793. The van der Waals surface area contributed by atoms with Gasteiger partial charge in [-0.25, -0.2) is 4.79 Å². The molecule has 4 heteroatoms. The molecule has 0 spiro atoms.